The molecule has 1 saturated heterocycles. The molecule has 4 heteroatoms. The zero-order valence-electron chi connectivity index (χ0n) is 11.6. The van der Waals surface area contributed by atoms with E-state index in [4.69, 9.17) is 4.74 Å². The van der Waals surface area contributed by atoms with Crippen molar-refractivity contribution in [2.24, 2.45) is 0 Å². The largest absolute Gasteiger partial charge is 0.364 e. The highest BCUT2D eigenvalue weighted by molar-refractivity contribution is 5.82. The van der Waals surface area contributed by atoms with E-state index in [1.54, 1.807) is 0 Å². The van der Waals surface area contributed by atoms with Gasteiger partial charge >= 0.3 is 0 Å². The summed E-state index contributed by atoms with van der Waals surface area (Å²) in [6.07, 6.45) is 0.521. The minimum absolute atomic E-state index is 0.0433. The Kier molecular flexibility index (Phi) is 4.93. The van der Waals surface area contributed by atoms with E-state index in [0.717, 1.165) is 25.1 Å². The third kappa shape index (κ3) is 3.33. The molecule has 2 atom stereocenters. The number of nitrogens with one attached hydrogen (secondary N) is 1. The summed E-state index contributed by atoms with van der Waals surface area (Å²) in [4.78, 5) is 14.4. The Labute approximate surface area is 114 Å². The van der Waals surface area contributed by atoms with Crippen molar-refractivity contribution < 1.29 is 9.53 Å². The van der Waals surface area contributed by atoms with Gasteiger partial charge in [-0.05, 0) is 25.5 Å². The minimum Gasteiger partial charge on any atom is -0.364 e. The van der Waals surface area contributed by atoms with Crippen LogP contribution in [0.4, 0.5) is 0 Å². The second-order valence-electron chi connectivity index (χ2n) is 4.84. The smallest absolute Gasteiger partial charge is 0.256 e. The van der Waals surface area contributed by atoms with Crippen LogP contribution in [-0.2, 0) is 9.53 Å². The highest BCUT2D eigenvalue weighted by atomic mass is 16.5. The second-order valence-corrected chi connectivity index (χ2v) is 4.84. The van der Waals surface area contributed by atoms with Gasteiger partial charge in [-0.2, -0.15) is 0 Å². The van der Waals surface area contributed by atoms with Crippen LogP contribution in [0.25, 0.3) is 0 Å². The Morgan fingerprint density at radius 3 is 2.79 bits per heavy atom. The summed E-state index contributed by atoms with van der Waals surface area (Å²) in [5, 5.41) is 3.28. The molecule has 0 spiro atoms. The molecule has 1 aromatic carbocycles. The summed E-state index contributed by atoms with van der Waals surface area (Å²) in [7, 11) is 1.87. The molecule has 104 valence electrons. The van der Waals surface area contributed by atoms with E-state index < -0.39 is 6.10 Å². The molecule has 0 aromatic heterocycles. The van der Waals surface area contributed by atoms with Crippen LogP contribution >= 0.6 is 0 Å². The summed E-state index contributed by atoms with van der Waals surface area (Å²) in [5.41, 5.74) is 0.923. The minimum atomic E-state index is -0.489. The van der Waals surface area contributed by atoms with Crippen LogP contribution in [0.1, 0.15) is 25.0 Å². The normalized spacial score (nSPS) is 20.2. The SMILES string of the molecule is CCOC(C(=O)N(C)C1CCNC1)c1ccccc1. The standard InChI is InChI=1S/C15H22N2O2/c1-3-19-14(12-7-5-4-6-8-12)15(18)17(2)13-9-10-16-11-13/h4-8,13-14,16H,3,9-11H2,1-2H3. The fraction of sp³-hybridized carbons (Fsp3) is 0.533. The van der Waals surface area contributed by atoms with Crippen molar-refractivity contribution in [3.8, 4) is 0 Å². The maximum atomic E-state index is 12.6. The second kappa shape index (κ2) is 6.68. The number of likely N-dealkylation sites (N-methyl/N-ethyl adjacent to an activating group) is 1. The molecule has 0 aliphatic carbocycles. The molecule has 2 unspecified atom stereocenters. The van der Waals surface area contributed by atoms with E-state index in [1.165, 1.54) is 0 Å². The van der Waals surface area contributed by atoms with Gasteiger partial charge in [-0.15, -0.1) is 0 Å². The molecule has 0 bridgehead atoms. The monoisotopic (exact) mass is 262 g/mol. The quantitative estimate of drug-likeness (QED) is 0.876. The number of ether oxygens (including phenoxy) is 1. The van der Waals surface area contributed by atoms with Crippen molar-refractivity contribution in [1.29, 1.82) is 0 Å². The van der Waals surface area contributed by atoms with Gasteiger partial charge in [0.15, 0.2) is 6.10 Å². The lowest BCUT2D eigenvalue weighted by atomic mass is 10.1. The molecule has 1 aliphatic heterocycles. The average molecular weight is 262 g/mol. The first-order valence-corrected chi connectivity index (χ1v) is 6.88. The fourth-order valence-electron chi connectivity index (χ4n) is 2.44. The van der Waals surface area contributed by atoms with Crippen molar-refractivity contribution in [1.82, 2.24) is 10.2 Å². The number of benzene rings is 1. The van der Waals surface area contributed by atoms with Crippen molar-refractivity contribution >= 4 is 5.91 Å². The molecule has 1 heterocycles. The van der Waals surface area contributed by atoms with Gasteiger partial charge in [0.2, 0.25) is 0 Å². The number of carbonyl (C=O) groups excluding carboxylic acids is 1. The van der Waals surface area contributed by atoms with E-state index >= 15 is 0 Å². The predicted octanol–water partition coefficient (Wildman–Crippen LogP) is 1.58. The van der Waals surface area contributed by atoms with E-state index in [2.05, 4.69) is 5.32 Å². The number of carbonyl (C=O) groups is 1. The summed E-state index contributed by atoms with van der Waals surface area (Å²) >= 11 is 0. The molecule has 0 saturated carbocycles. The highest BCUT2D eigenvalue weighted by Crippen LogP contribution is 2.21. The van der Waals surface area contributed by atoms with Crippen molar-refractivity contribution in [3.05, 3.63) is 35.9 Å². The molecule has 2 rings (SSSR count). The van der Waals surface area contributed by atoms with Crippen LogP contribution in [-0.4, -0.2) is 43.6 Å². The maximum absolute atomic E-state index is 12.6. The first kappa shape index (κ1) is 14.0. The third-order valence-electron chi connectivity index (χ3n) is 3.59. The zero-order valence-corrected chi connectivity index (χ0v) is 11.6. The van der Waals surface area contributed by atoms with Crippen LogP contribution in [0, 0.1) is 0 Å². The van der Waals surface area contributed by atoms with Crippen LogP contribution in [0.3, 0.4) is 0 Å². The Bertz CT molecular complexity index is 402. The van der Waals surface area contributed by atoms with Gasteiger partial charge in [-0.3, -0.25) is 4.79 Å². The number of rotatable bonds is 5. The van der Waals surface area contributed by atoms with Crippen LogP contribution < -0.4 is 5.32 Å². The Balaban J connectivity index is 2.12. The summed E-state index contributed by atoms with van der Waals surface area (Å²) in [6, 6.07) is 9.98. The Morgan fingerprint density at radius 1 is 1.47 bits per heavy atom. The topological polar surface area (TPSA) is 41.6 Å². The number of hydrogen-bond acceptors (Lipinski definition) is 3. The third-order valence-corrected chi connectivity index (χ3v) is 3.59. The van der Waals surface area contributed by atoms with E-state index in [0.29, 0.717) is 6.61 Å². The van der Waals surface area contributed by atoms with Crippen molar-refractivity contribution in [2.75, 3.05) is 26.7 Å². The molecule has 4 nitrogen and oxygen atoms in total. The molecule has 1 aromatic rings. The maximum Gasteiger partial charge on any atom is 0.256 e. The van der Waals surface area contributed by atoms with Gasteiger partial charge < -0.3 is 15.0 Å². The van der Waals surface area contributed by atoms with Crippen molar-refractivity contribution in [3.63, 3.8) is 0 Å². The van der Waals surface area contributed by atoms with Gasteiger partial charge in [0.25, 0.3) is 5.91 Å². The van der Waals surface area contributed by atoms with E-state index in [9.17, 15) is 4.79 Å². The molecule has 1 fully saturated rings. The van der Waals surface area contributed by atoms with Crippen LogP contribution in [0.2, 0.25) is 0 Å². The molecular weight excluding hydrogens is 240 g/mol. The van der Waals surface area contributed by atoms with Crippen LogP contribution in [0.15, 0.2) is 30.3 Å². The number of nitrogens with zero attached hydrogens (tertiary/aromatic N) is 1. The lowest BCUT2D eigenvalue weighted by Gasteiger charge is -2.28. The van der Waals surface area contributed by atoms with Crippen molar-refractivity contribution in [2.45, 2.75) is 25.5 Å². The van der Waals surface area contributed by atoms with Gasteiger partial charge in [-0.25, -0.2) is 0 Å². The van der Waals surface area contributed by atoms with E-state index in [-0.39, 0.29) is 11.9 Å². The molecule has 1 amide bonds. The highest BCUT2D eigenvalue weighted by Gasteiger charge is 2.29. The van der Waals surface area contributed by atoms with Gasteiger partial charge in [0.1, 0.15) is 0 Å². The Hall–Kier alpha value is -1.39. The molecule has 0 radical (unpaired) electrons. The first-order valence-electron chi connectivity index (χ1n) is 6.88. The zero-order chi connectivity index (χ0) is 13.7. The predicted molar refractivity (Wildman–Crippen MR) is 74.9 cm³/mol. The summed E-state index contributed by atoms with van der Waals surface area (Å²) < 4.78 is 5.66. The lowest BCUT2D eigenvalue weighted by Crippen LogP contribution is -2.41. The van der Waals surface area contributed by atoms with Gasteiger partial charge in [0, 0.05) is 26.2 Å². The van der Waals surface area contributed by atoms with Crippen LogP contribution in [0.5, 0.6) is 0 Å². The first-order chi connectivity index (χ1) is 9.24. The molecule has 1 N–H and O–H groups in total. The summed E-state index contributed by atoms with van der Waals surface area (Å²) in [6.45, 7) is 4.30. The number of hydrogen-bond donors (Lipinski definition) is 1. The average Bonchev–Trinajstić information content (AvgIpc) is 2.98. The molecule has 1 aliphatic rings. The number of amides is 1. The summed E-state index contributed by atoms with van der Waals surface area (Å²) in [5.74, 6) is 0.0433. The van der Waals surface area contributed by atoms with Gasteiger partial charge in [0.05, 0.1) is 0 Å². The Morgan fingerprint density at radius 2 is 2.21 bits per heavy atom. The lowest BCUT2D eigenvalue weighted by molar-refractivity contribution is -0.144. The molecular formula is C15H22N2O2. The molecule has 19 heavy (non-hydrogen) atoms. The fourth-order valence-corrected chi connectivity index (χ4v) is 2.44. The van der Waals surface area contributed by atoms with E-state index in [1.807, 2.05) is 49.2 Å². The van der Waals surface area contributed by atoms with Gasteiger partial charge in [-0.1, -0.05) is 30.3 Å².